The molecule has 0 N–H and O–H groups in total. The summed E-state index contributed by atoms with van der Waals surface area (Å²) in [6.07, 6.45) is -4.80. The number of hydrogen-bond acceptors (Lipinski definition) is 12. The van der Waals surface area contributed by atoms with Crippen LogP contribution in [0.15, 0.2) is 0 Å². The van der Waals surface area contributed by atoms with Crippen molar-refractivity contribution in [3.05, 3.63) is 0 Å². The summed E-state index contributed by atoms with van der Waals surface area (Å²) in [5.74, 6) is -11.7. The van der Waals surface area contributed by atoms with E-state index in [0.29, 0.717) is 0 Å². The molecule has 14 nitrogen and oxygen atoms in total. The van der Waals surface area contributed by atoms with E-state index in [9.17, 15) is 68.4 Å². The van der Waals surface area contributed by atoms with Crippen LogP contribution in [-0.4, -0.2) is 103 Å². The van der Waals surface area contributed by atoms with Crippen molar-refractivity contribution < 1.29 is 68.4 Å². The standard InChI is InChI=1S/C14H20F4N2O12S4/c15-33(25,26)7-1-11(21)19(12(22)2-8-34(16,27)28)5-6-20(13(23)3-9-35(17,29)30)14(24)4-10-36(18,31)32/h1-10H2. The van der Waals surface area contributed by atoms with Gasteiger partial charge in [0.1, 0.15) is 0 Å². The predicted molar refractivity (Wildman–Crippen MR) is 111 cm³/mol. The van der Waals surface area contributed by atoms with Crippen LogP contribution in [0, 0.1) is 0 Å². The quantitative estimate of drug-likeness (QED) is 0.152. The molecule has 0 saturated carbocycles. The van der Waals surface area contributed by atoms with Gasteiger partial charge in [0, 0.05) is 38.8 Å². The highest BCUT2D eigenvalue weighted by Crippen LogP contribution is 2.09. The van der Waals surface area contributed by atoms with Crippen LogP contribution < -0.4 is 0 Å². The first-order chi connectivity index (χ1) is 16.0. The largest absolute Gasteiger partial charge is 0.302 e. The van der Waals surface area contributed by atoms with Gasteiger partial charge in [-0.05, 0) is 0 Å². The van der Waals surface area contributed by atoms with E-state index in [1.165, 1.54) is 0 Å². The molecule has 0 fully saturated rings. The molecule has 0 aliphatic rings. The first-order valence-electron chi connectivity index (χ1n) is 9.36. The fraction of sp³-hybridized carbons (Fsp3) is 0.714. The van der Waals surface area contributed by atoms with Gasteiger partial charge in [0.2, 0.25) is 23.6 Å². The Balaban J connectivity index is 5.86. The van der Waals surface area contributed by atoms with Crippen molar-refractivity contribution in [2.75, 3.05) is 36.1 Å². The molecule has 0 saturated heterocycles. The second kappa shape index (κ2) is 13.4. The third kappa shape index (κ3) is 16.5. The van der Waals surface area contributed by atoms with Crippen LogP contribution in [0.1, 0.15) is 25.7 Å². The fourth-order valence-electron chi connectivity index (χ4n) is 2.35. The van der Waals surface area contributed by atoms with Crippen molar-refractivity contribution in [2.45, 2.75) is 25.7 Å². The Labute approximate surface area is 204 Å². The Morgan fingerprint density at radius 3 is 0.722 bits per heavy atom. The van der Waals surface area contributed by atoms with Crippen LogP contribution in [-0.2, 0) is 60.1 Å². The zero-order valence-electron chi connectivity index (χ0n) is 18.0. The molecule has 0 unspecified atom stereocenters. The molecule has 0 aliphatic carbocycles. The van der Waals surface area contributed by atoms with Gasteiger partial charge in [-0.1, -0.05) is 0 Å². The van der Waals surface area contributed by atoms with Gasteiger partial charge >= 0.3 is 40.9 Å². The average Bonchev–Trinajstić information content (AvgIpc) is 2.68. The van der Waals surface area contributed by atoms with Gasteiger partial charge in [-0.2, -0.15) is 33.7 Å². The Hall–Kier alpha value is -2.20. The zero-order chi connectivity index (χ0) is 28.5. The molecule has 0 aliphatic heterocycles. The van der Waals surface area contributed by atoms with E-state index in [1.807, 2.05) is 0 Å². The molecular weight excluding hydrogens is 592 g/mol. The minimum Gasteiger partial charge on any atom is -0.281 e. The molecule has 22 heteroatoms. The third-order valence-corrected chi connectivity index (χ3v) is 6.76. The Bertz CT molecular complexity index is 1080. The highest BCUT2D eigenvalue weighted by Gasteiger charge is 2.29. The SMILES string of the molecule is O=C(CCS(=O)(=O)F)N(CCN(C(=O)CCS(=O)(=O)F)C(=O)CCS(=O)(=O)F)C(=O)CCS(=O)(=O)F. The van der Waals surface area contributed by atoms with Crippen molar-refractivity contribution in [2.24, 2.45) is 0 Å². The second-order valence-corrected chi connectivity index (χ2v) is 12.8. The van der Waals surface area contributed by atoms with E-state index in [1.54, 1.807) is 0 Å². The molecule has 0 aromatic heterocycles. The molecule has 0 spiro atoms. The number of carbonyl (C=O) groups excluding carboxylic acids is 4. The van der Waals surface area contributed by atoms with Gasteiger partial charge in [-0.25, -0.2) is 0 Å². The third-order valence-electron chi connectivity index (χ3n) is 3.99. The van der Waals surface area contributed by atoms with Crippen molar-refractivity contribution in [1.82, 2.24) is 9.80 Å². The van der Waals surface area contributed by atoms with Gasteiger partial charge in [-0.15, -0.1) is 15.5 Å². The van der Waals surface area contributed by atoms with E-state index in [4.69, 9.17) is 0 Å². The first kappa shape index (κ1) is 33.8. The maximum absolute atomic E-state index is 12.7. The van der Waals surface area contributed by atoms with Crippen LogP contribution in [0.2, 0.25) is 0 Å². The number of hydrogen-bond donors (Lipinski definition) is 0. The number of halogens is 4. The molecule has 36 heavy (non-hydrogen) atoms. The summed E-state index contributed by atoms with van der Waals surface area (Å²) in [4.78, 5) is 48.9. The summed E-state index contributed by atoms with van der Waals surface area (Å²) < 4.78 is 136. The topological polar surface area (TPSA) is 211 Å². The van der Waals surface area contributed by atoms with Crippen LogP contribution in [0.25, 0.3) is 0 Å². The van der Waals surface area contributed by atoms with Crippen molar-refractivity contribution in [3.63, 3.8) is 0 Å². The van der Waals surface area contributed by atoms with Gasteiger partial charge in [0.15, 0.2) is 0 Å². The van der Waals surface area contributed by atoms with Gasteiger partial charge in [-0.3, -0.25) is 29.0 Å². The van der Waals surface area contributed by atoms with Crippen LogP contribution in [0.3, 0.4) is 0 Å². The minimum absolute atomic E-state index is 0.0434. The molecule has 0 bridgehead atoms. The molecule has 0 aromatic rings. The van der Waals surface area contributed by atoms with Crippen LogP contribution in [0.4, 0.5) is 15.5 Å². The normalized spacial score (nSPS) is 12.7. The summed E-state index contributed by atoms with van der Waals surface area (Å²) in [6.45, 7) is -2.14. The minimum atomic E-state index is -5.23. The summed E-state index contributed by atoms with van der Waals surface area (Å²) >= 11 is 0. The maximum Gasteiger partial charge on any atom is 0.302 e. The van der Waals surface area contributed by atoms with Crippen molar-refractivity contribution in [3.8, 4) is 0 Å². The number of imide groups is 2. The zero-order valence-corrected chi connectivity index (χ0v) is 21.3. The monoisotopic (exact) mass is 612 g/mol. The lowest BCUT2D eigenvalue weighted by molar-refractivity contribution is -0.150. The number of amides is 4. The maximum atomic E-state index is 12.7. The smallest absolute Gasteiger partial charge is 0.281 e. The Morgan fingerprint density at radius 2 is 0.583 bits per heavy atom. The van der Waals surface area contributed by atoms with Crippen molar-refractivity contribution >= 4 is 64.5 Å². The Morgan fingerprint density at radius 1 is 0.417 bits per heavy atom. The lowest BCUT2D eigenvalue weighted by atomic mass is 10.3. The van der Waals surface area contributed by atoms with Gasteiger partial charge in [0.25, 0.3) is 0 Å². The van der Waals surface area contributed by atoms with Crippen molar-refractivity contribution in [1.29, 1.82) is 0 Å². The molecule has 0 atom stereocenters. The highest BCUT2D eigenvalue weighted by molar-refractivity contribution is 7.87. The summed E-state index contributed by atoms with van der Waals surface area (Å²) in [5.41, 5.74) is 0. The molecule has 4 amide bonds. The average molecular weight is 613 g/mol. The molecule has 0 radical (unpaired) electrons. The van der Waals surface area contributed by atoms with E-state index in [-0.39, 0.29) is 9.80 Å². The molecule has 0 heterocycles. The van der Waals surface area contributed by atoms with E-state index >= 15 is 0 Å². The highest BCUT2D eigenvalue weighted by atomic mass is 32.3. The van der Waals surface area contributed by atoms with Gasteiger partial charge < -0.3 is 0 Å². The van der Waals surface area contributed by atoms with E-state index < -0.39 is 126 Å². The predicted octanol–water partition coefficient (Wildman–Crippen LogP) is -1.55. The van der Waals surface area contributed by atoms with E-state index in [0.717, 1.165) is 0 Å². The fourth-order valence-corrected chi connectivity index (χ4v) is 4.03. The number of rotatable bonds is 15. The lowest BCUT2D eigenvalue weighted by Gasteiger charge is -2.26. The van der Waals surface area contributed by atoms with E-state index in [2.05, 4.69) is 0 Å². The number of carbonyl (C=O) groups is 4. The summed E-state index contributed by atoms with van der Waals surface area (Å²) in [7, 11) is -20.9. The molecular formula is C14H20F4N2O12S4. The number of nitrogens with zero attached hydrogens (tertiary/aromatic N) is 2. The lowest BCUT2D eigenvalue weighted by Crippen LogP contribution is -2.47. The van der Waals surface area contributed by atoms with Gasteiger partial charge in [0.05, 0.1) is 23.0 Å². The summed E-state index contributed by atoms with van der Waals surface area (Å²) in [5, 5.41) is 0. The second-order valence-electron chi connectivity index (χ2n) is 6.85. The molecule has 0 rings (SSSR count). The summed E-state index contributed by atoms with van der Waals surface area (Å²) in [6, 6.07) is 0. The van der Waals surface area contributed by atoms with Crippen LogP contribution >= 0.6 is 0 Å². The molecule has 210 valence electrons. The first-order valence-corrected chi connectivity index (χ1v) is 15.6. The Kier molecular flexibility index (Phi) is 12.6. The van der Waals surface area contributed by atoms with Crippen LogP contribution in [0.5, 0.6) is 0 Å². The molecule has 0 aromatic carbocycles.